The molecule has 0 nitrogen and oxygen atoms in total. The van der Waals surface area contributed by atoms with Crippen LogP contribution in [-0.4, -0.2) is 11.5 Å². The highest BCUT2D eigenvalue weighted by atomic mass is 32.2. The quantitative estimate of drug-likeness (QED) is 0.541. The zero-order valence-electron chi connectivity index (χ0n) is 10.7. The highest BCUT2D eigenvalue weighted by Gasteiger charge is 2.08. The number of rotatable bonds is 7. The van der Waals surface area contributed by atoms with Crippen molar-refractivity contribution in [3.8, 4) is 0 Å². The molecule has 0 bridgehead atoms. The summed E-state index contributed by atoms with van der Waals surface area (Å²) in [5, 5.41) is 0. The SMILES string of the molecule is CC(C)CCCCCSCC(C)(C)C. The Morgan fingerprint density at radius 2 is 1.64 bits per heavy atom. The van der Waals surface area contributed by atoms with Gasteiger partial charge in [-0.2, -0.15) is 11.8 Å². The van der Waals surface area contributed by atoms with E-state index >= 15 is 0 Å². The zero-order chi connectivity index (χ0) is 11.0. The van der Waals surface area contributed by atoms with Crippen LogP contribution < -0.4 is 0 Å². The molecule has 14 heavy (non-hydrogen) atoms. The summed E-state index contributed by atoms with van der Waals surface area (Å²) < 4.78 is 0. The van der Waals surface area contributed by atoms with Crippen LogP contribution in [0.5, 0.6) is 0 Å². The fourth-order valence-corrected chi connectivity index (χ4v) is 2.48. The Morgan fingerprint density at radius 1 is 1.00 bits per heavy atom. The van der Waals surface area contributed by atoms with Gasteiger partial charge in [0.25, 0.3) is 0 Å². The van der Waals surface area contributed by atoms with Gasteiger partial charge in [-0.3, -0.25) is 0 Å². The van der Waals surface area contributed by atoms with E-state index in [1.807, 2.05) is 0 Å². The molecule has 0 aromatic carbocycles. The van der Waals surface area contributed by atoms with Gasteiger partial charge in [0.05, 0.1) is 0 Å². The summed E-state index contributed by atoms with van der Waals surface area (Å²) in [6.07, 6.45) is 5.67. The van der Waals surface area contributed by atoms with E-state index in [4.69, 9.17) is 0 Å². The Hall–Kier alpha value is 0.350. The minimum absolute atomic E-state index is 0.503. The van der Waals surface area contributed by atoms with E-state index in [-0.39, 0.29) is 0 Å². The molecule has 0 radical (unpaired) electrons. The van der Waals surface area contributed by atoms with Crippen molar-refractivity contribution >= 4 is 11.8 Å². The molecule has 0 aliphatic rings. The maximum Gasteiger partial charge on any atom is -0.00187 e. The van der Waals surface area contributed by atoms with E-state index in [2.05, 4.69) is 46.4 Å². The Kier molecular flexibility index (Phi) is 7.81. The van der Waals surface area contributed by atoms with Crippen LogP contribution in [0, 0.1) is 11.3 Å². The molecule has 0 aliphatic carbocycles. The molecule has 1 heteroatoms. The average Bonchev–Trinajstić information content (AvgIpc) is 2.00. The Labute approximate surface area is 95.2 Å². The van der Waals surface area contributed by atoms with Gasteiger partial charge in [0.1, 0.15) is 0 Å². The molecule has 0 unspecified atom stereocenters. The molecule has 0 atom stereocenters. The van der Waals surface area contributed by atoms with Crippen molar-refractivity contribution in [3.63, 3.8) is 0 Å². The monoisotopic (exact) mass is 216 g/mol. The first-order valence-corrected chi connectivity index (χ1v) is 7.15. The van der Waals surface area contributed by atoms with Crippen LogP contribution in [0.4, 0.5) is 0 Å². The molecule has 0 heterocycles. The van der Waals surface area contributed by atoms with Crippen LogP contribution >= 0.6 is 11.8 Å². The lowest BCUT2D eigenvalue weighted by Crippen LogP contribution is -2.08. The normalized spacial score (nSPS) is 12.4. The van der Waals surface area contributed by atoms with E-state index < -0.39 is 0 Å². The highest BCUT2D eigenvalue weighted by molar-refractivity contribution is 7.99. The van der Waals surface area contributed by atoms with Crippen molar-refractivity contribution in [2.45, 2.75) is 60.3 Å². The van der Waals surface area contributed by atoms with Gasteiger partial charge in [-0.1, -0.05) is 53.9 Å². The van der Waals surface area contributed by atoms with Gasteiger partial charge in [-0.25, -0.2) is 0 Å². The van der Waals surface area contributed by atoms with Gasteiger partial charge in [0.15, 0.2) is 0 Å². The maximum atomic E-state index is 2.32. The maximum absolute atomic E-state index is 2.32. The molecule has 0 rings (SSSR count). The van der Waals surface area contributed by atoms with E-state index in [0.717, 1.165) is 5.92 Å². The molecule has 0 saturated carbocycles. The molecule has 0 spiro atoms. The first kappa shape index (κ1) is 14.3. The second-order valence-corrected chi connectivity index (χ2v) is 6.96. The minimum Gasteiger partial charge on any atom is -0.161 e. The van der Waals surface area contributed by atoms with Crippen molar-refractivity contribution in [2.24, 2.45) is 11.3 Å². The molecule has 0 aromatic rings. The molecule has 0 saturated heterocycles. The van der Waals surface area contributed by atoms with Gasteiger partial charge < -0.3 is 0 Å². The van der Waals surface area contributed by atoms with E-state index in [1.165, 1.54) is 37.2 Å². The third-order valence-corrected chi connectivity index (χ3v) is 3.75. The van der Waals surface area contributed by atoms with Crippen molar-refractivity contribution in [2.75, 3.05) is 11.5 Å². The Morgan fingerprint density at radius 3 is 2.14 bits per heavy atom. The van der Waals surface area contributed by atoms with E-state index in [0.29, 0.717) is 5.41 Å². The van der Waals surface area contributed by atoms with Crippen molar-refractivity contribution in [1.29, 1.82) is 0 Å². The molecule has 86 valence electrons. The number of hydrogen-bond acceptors (Lipinski definition) is 1. The second kappa shape index (κ2) is 7.62. The summed E-state index contributed by atoms with van der Waals surface area (Å²) in [5.74, 6) is 3.55. The lowest BCUT2D eigenvalue weighted by Gasteiger charge is -2.17. The standard InChI is InChI=1S/C13H28S/c1-12(2)9-7-6-8-10-14-11-13(3,4)5/h12H,6-11H2,1-5H3. The molecular weight excluding hydrogens is 188 g/mol. The highest BCUT2D eigenvalue weighted by Crippen LogP contribution is 2.21. The summed E-state index contributed by atoms with van der Waals surface area (Å²) in [6.45, 7) is 11.6. The lowest BCUT2D eigenvalue weighted by atomic mass is 10.0. The van der Waals surface area contributed by atoms with Crippen LogP contribution in [0.1, 0.15) is 60.3 Å². The van der Waals surface area contributed by atoms with Gasteiger partial charge in [0.2, 0.25) is 0 Å². The third kappa shape index (κ3) is 12.3. The smallest absolute Gasteiger partial charge is 0.00187 e. The van der Waals surface area contributed by atoms with Crippen LogP contribution in [0.3, 0.4) is 0 Å². The van der Waals surface area contributed by atoms with E-state index in [9.17, 15) is 0 Å². The van der Waals surface area contributed by atoms with Crippen molar-refractivity contribution in [3.05, 3.63) is 0 Å². The predicted molar refractivity (Wildman–Crippen MR) is 70.1 cm³/mol. The fourth-order valence-electron chi connectivity index (χ4n) is 1.31. The summed E-state index contributed by atoms with van der Waals surface area (Å²) >= 11 is 2.12. The summed E-state index contributed by atoms with van der Waals surface area (Å²) in [7, 11) is 0. The van der Waals surface area contributed by atoms with Gasteiger partial charge in [-0.05, 0) is 29.3 Å². The minimum atomic E-state index is 0.503. The topological polar surface area (TPSA) is 0 Å². The Balaban J connectivity index is 3.07. The molecule has 0 aliphatic heterocycles. The number of unbranched alkanes of at least 4 members (excludes halogenated alkanes) is 2. The van der Waals surface area contributed by atoms with Gasteiger partial charge in [0, 0.05) is 0 Å². The fraction of sp³-hybridized carbons (Fsp3) is 1.00. The van der Waals surface area contributed by atoms with Crippen LogP contribution in [-0.2, 0) is 0 Å². The molecule has 0 aromatic heterocycles. The molecule has 0 amide bonds. The third-order valence-electron chi connectivity index (χ3n) is 2.11. The van der Waals surface area contributed by atoms with Crippen LogP contribution in [0.2, 0.25) is 0 Å². The Bertz CT molecular complexity index is 122. The second-order valence-electron chi connectivity index (χ2n) is 5.86. The zero-order valence-corrected chi connectivity index (χ0v) is 11.5. The van der Waals surface area contributed by atoms with Crippen molar-refractivity contribution in [1.82, 2.24) is 0 Å². The summed E-state index contributed by atoms with van der Waals surface area (Å²) in [4.78, 5) is 0. The first-order valence-electron chi connectivity index (χ1n) is 5.99. The lowest BCUT2D eigenvalue weighted by molar-refractivity contribution is 0.480. The van der Waals surface area contributed by atoms with E-state index in [1.54, 1.807) is 0 Å². The summed E-state index contributed by atoms with van der Waals surface area (Å²) in [5.41, 5.74) is 0.503. The van der Waals surface area contributed by atoms with Gasteiger partial charge in [-0.15, -0.1) is 0 Å². The average molecular weight is 216 g/mol. The predicted octanol–water partition coefficient (Wildman–Crippen LogP) is 4.98. The molecular formula is C13H28S. The van der Waals surface area contributed by atoms with Crippen LogP contribution in [0.15, 0.2) is 0 Å². The van der Waals surface area contributed by atoms with Crippen molar-refractivity contribution < 1.29 is 0 Å². The largest absolute Gasteiger partial charge is 0.161 e. The van der Waals surface area contributed by atoms with Gasteiger partial charge >= 0.3 is 0 Å². The number of thioether (sulfide) groups is 1. The molecule has 0 N–H and O–H groups in total. The van der Waals surface area contributed by atoms with Crippen LogP contribution in [0.25, 0.3) is 0 Å². The summed E-state index contributed by atoms with van der Waals surface area (Å²) in [6, 6.07) is 0. The first-order chi connectivity index (χ1) is 6.42. The molecule has 0 fully saturated rings. The number of hydrogen-bond donors (Lipinski definition) is 0.